The summed E-state index contributed by atoms with van der Waals surface area (Å²) in [5.41, 5.74) is 6.55. The van der Waals surface area contributed by atoms with Gasteiger partial charge in [-0.2, -0.15) is 0 Å². The van der Waals surface area contributed by atoms with E-state index in [2.05, 4.69) is 15.8 Å². The zero-order valence-corrected chi connectivity index (χ0v) is 10.5. The summed E-state index contributed by atoms with van der Waals surface area (Å²) in [5.74, 6) is 4.31. The van der Waals surface area contributed by atoms with Crippen LogP contribution in [0.5, 0.6) is 0 Å². The highest BCUT2D eigenvalue weighted by Crippen LogP contribution is 2.31. The molecule has 1 fully saturated rings. The fraction of sp³-hybridized carbons (Fsp3) is 0.462. The minimum atomic E-state index is 0.418. The number of hydrogen-bond donors (Lipinski definition) is 1. The number of anilines is 1. The van der Waals surface area contributed by atoms with Crippen LogP contribution < -0.4 is 10.6 Å². The highest BCUT2D eigenvalue weighted by atomic mass is 35.5. The summed E-state index contributed by atoms with van der Waals surface area (Å²) < 4.78 is 0. The van der Waals surface area contributed by atoms with Crippen LogP contribution in [0, 0.1) is 18.3 Å². The van der Waals surface area contributed by atoms with Crippen LogP contribution >= 0.6 is 11.6 Å². The number of nitrogens with two attached hydrogens (primary N) is 1. The lowest BCUT2D eigenvalue weighted by Crippen LogP contribution is -2.27. The highest BCUT2D eigenvalue weighted by Gasteiger charge is 2.24. The molecule has 0 unspecified atom stereocenters. The Kier molecular flexibility index (Phi) is 3.88. The van der Waals surface area contributed by atoms with Gasteiger partial charge in [-0.05, 0) is 30.4 Å². The molecule has 0 aromatic carbocycles. The molecular formula is C13H16ClN3. The van der Waals surface area contributed by atoms with Crippen molar-refractivity contribution in [3.05, 3.63) is 22.8 Å². The second-order valence-corrected chi connectivity index (χ2v) is 4.77. The van der Waals surface area contributed by atoms with Crippen LogP contribution in [-0.2, 0) is 6.54 Å². The zero-order valence-electron chi connectivity index (χ0n) is 9.69. The van der Waals surface area contributed by atoms with E-state index >= 15 is 0 Å². The molecule has 1 aliphatic carbocycles. The van der Waals surface area contributed by atoms with Gasteiger partial charge in [0.25, 0.3) is 0 Å². The van der Waals surface area contributed by atoms with Crippen LogP contribution in [0.25, 0.3) is 0 Å². The van der Waals surface area contributed by atoms with E-state index in [1.807, 2.05) is 6.07 Å². The van der Waals surface area contributed by atoms with Crippen LogP contribution in [0.15, 0.2) is 12.3 Å². The Hall–Kier alpha value is -1.24. The van der Waals surface area contributed by atoms with Crippen molar-refractivity contribution < 1.29 is 0 Å². The van der Waals surface area contributed by atoms with Crippen LogP contribution in [0.3, 0.4) is 0 Å². The summed E-state index contributed by atoms with van der Waals surface area (Å²) in [6.07, 6.45) is 9.62. The maximum absolute atomic E-state index is 5.99. The van der Waals surface area contributed by atoms with Gasteiger partial charge in [0.2, 0.25) is 0 Å². The van der Waals surface area contributed by atoms with Crippen LogP contribution in [0.1, 0.15) is 18.4 Å². The Labute approximate surface area is 107 Å². The Balaban J connectivity index is 2.18. The Morgan fingerprint density at radius 3 is 2.94 bits per heavy atom. The first-order valence-corrected chi connectivity index (χ1v) is 6.15. The predicted octanol–water partition coefficient (Wildman–Crippen LogP) is 2.04. The van der Waals surface area contributed by atoms with Crippen molar-refractivity contribution in [2.45, 2.75) is 19.4 Å². The van der Waals surface area contributed by atoms with Crippen LogP contribution in [0.4, 0.5) is 5.82 Å². The first-order chi connectivity index (χ1) is 8.24. The molecule has 0 spiro atoms. The Bertz CT molecular complexity index is 435. The smallest absolute Gasteiger partial charge is 0.129 e. The van der Waals surface area contributed by atoms with Gasteiger partial charge < -0.3 is 10.6 Å². The van der Waals surface area contributed by atoms with E-state index in [9.17, 15) is 0 Å². The molecule has 1 saturated carbocycles. The third-order valence-corrected chi connectivity index (χ3v) is 3.26. The number of rotatable bonds is 5. The van der Waals surface area contributed by atoms with Gasteiger partial charge in [-0.25, -0.2) is 4.98 Å². The number of halogens is 1. The summed E-state index contributed by atoms with van der Waals surface area (Å²) in [6, 6.07) is 1.93. The molecule has 0 saturated heterocycles. The lowest BCUT2D eigenvalue weighted by molar-refractivity contribution is 0.754. The third kappa shape index (κ3) is 3.12. The Morgan fingerprint density at radius 2 is 2.35 bits per heavy atom. The number of pyridine rings is 1. The van der Waals surface area contributed by atoms with E-state index in [4.69, 9.17) is 23.8 Å². The summed E-state index contributed by atoms with van der Waals surface area (Å²) in [4.78, 5) is 6.45. The summed E-state index contributed by atoms with van der Waals surface area (Å²) in [6.45, 7) is 1.97. The lowest BCUT2D eigenvalue weighted by atomic mass is 10.2. The van der Waals surface area contributed by atoms with Gasteiger partial charge in [0.05, 0.1) is 11.6 Å². The van der Waals surface area contributed by atoms with E-state index in [1.54, 1.807) is 6.20 Å². The molecule has 1 heterocycles. The van der Waals surface area contributed by atoms with E-state index in [-0.39, 0.29) is 0 Å². The summed E-state index contributed by atoms with van der Waals surface area (Å²) in [7, 11) is 0. The molecule has 1 aromatic heterocycles. The molecule has 0 atom stereocenters. The fourth-order valence-electron chi connectivity index (χ4n) is 1.76. The summed E-state index contributed by atoms with van der Waals surface area (Å²) in [5, 5.41) is 0.614. The quantitative estimate of drug-likeness (QED) is 0.812. The van der Waals surface area contributed by atoms with Crippen LogP contribution in [0.2, 0.25) is 5.02 Å². The lowest BCUT2D eigenvalue weighted by Gasteiger charge is -2.21. The fourth-order valence-corrected chi connectivity index (χ4v) is 1.94. The maximum atomic E-state index is 5.99. The topological polar surface area (TPSA) is 42.1 Å². The van der Waals surface area contributed by atoms with Crippen molar-refractivity contribution in [3.63, 3.8) is 0 Å². The van der Waals surface area contributed by atoms with Gasteiger partial charge in [0, 0.05) is 19.3 Å². The second-order valence-electron chi connectivity index (χ2n) is 4.37. The number of terminal acetylenes is 1. The predicted molar refractivity (Wildman–Crippen MR) is 70.9 cm³/mol. The molecule has 0 bridgehead atoms. The van der Waals surface area contributed by atoms with Crippen LogP contribution in [-0.4, -0.2) is 18.1 Å². The van der Waals surface area contributed by atoms with Gasteiger partial charge >= 0.3 is 0 Å². The minimum absolute atomic E-state index is 0.418. The minimum Gasteiger partial charge on any atom is -0.345 e. The SMILES string of the molecule is C#CCN(CC1CC1)c1cc(CN)c(Cl)cn1. The first-order valence-electron chi connectivity index (χ1n) is 5.77. The van der Waals surface area contributed by atoms with Crippen molar-refractivity contribution in [3.8, 4) is 12.3 Å². The molecule has 1 aliphatic rings. The molecule has 4 heteroatoms. The second kappa shape index (κ2) is 5.39. The average molecular weight is 250 g/mol. The molecule has 2 rings (SSSR count). The number of nitrogens with zero attached hydrogens (tertiary/aromatic N) is 2. The first kappa shape index (κ1) is 12.2. The molecule has 17 heavy (non-hydrogen) atoms. The van der Waals surface area contributed by atoms with E-state index < -0.39 is 0 Å². The van der Waals surface area contributed by atoms with Gasteiger partial charge in [0.1, 0.15) is 5.82 Å². The number of hydrogen-bond acceptors (Lipinski definition) is 3. The third-order valence-electron chi connectivity index (χ3n) is 2.92. The largest absolute Gasteiger partial charge is 0.345 e. The molecule has 0 amide bonds. The standard InChI is InChI=1S/C13H16ClN3/c1-2-5-17(9-10-3-4-10)13-6-11(7-15)12(14)8-16-13/h1,6,8,10H,3-5,7,9,15H2. The van der Waals surface area contributed by atoms with Crippen molar-refractivity contribution >= 4 is 17.4 Å². The molecule has 0 aliphatic heterocycles. The molecule has 2 N–H and O–H groups in total. The van der Waals surface area contributed by atoms with Crippen molar-refractivity contribution in [1.82, 2.24) is 4.98 Å². The molecular weight excluding hydrogens is 234 g/mol. The number of aromatic nitrogens is 1. The zero-order chi connectivity index (χ0) is 12.3. The van der Waals surface area contributed by atoms with Gasteiger partial charge in [-0.1, -0.05) is 17.5 Å². The molecule has 0 radical (unpaired) electrons. The van der Waals surface area contributed by atoms with Gasteiger partial charge in [-0.15, -0.1) is 6.42 Å². The Morgan fingerprint density at radius 1 is 1.59 bits per heavy atom. The van der Waals surface area contributed by atoms with Crippen molar-refractivity contribution in [1.29, 1.82) is 0 Å². The molecule has 3 nitrogen and oxygen atoms in total. The van der Waals surface area contributed by atoms with E-state index in [1.165, 1.54) is 12.8 Å². The summed E-state index contributed by atoms with van der Waals surface area (Å²) >= 11 is 5.99. The normalized spacial score (nSPS) is 14.4. The highest BCUT2D eigenvalue weighted by molar-refractivity contribution is 6.31. The molecule has 90 valence electrons. The van der Waals surface area contributed by atoms with Gasteiger partial charge in [0.15, 0.2) is 0 Å². The maximum Gasteiger partial charge on any atom is 0.129 e. The van der Waals surface area contributed by atoms with Crippen molar-refractivity contribution in [2.75, 3.05) is 18.0 Å². The van der Waals surface area contributed by atoms with E-state index in [0.29, 0.717) is 18.1 Å². The van der Waals surface area contributed by atoms with E-state index in [0.717, 1.165) is 23.8 Å². The van der Waals surface area contributed by atoms with Gasteiger partial charge in [-0.3, -0.25) is 0 Å². The van der Waals surface area contributed by atoms with Crippen molar-refractivity contribution in [2.24, 2.45) is 11.7 Å². The average Bonchev–Trinajstić information content (AvgIpc) is 3.13. The molecule has 1 aromatic rings. The monoisotopic (exact) mass is 249 g/mol.